The summed E-state index contributed by atoms with van der Waals surface area (Å²) in [6.45, 7) is 5.71. The molecule has 0 spiro atoms. The molecule has 0 aliphatic carbocycles. The lowest BCUT2D eigenvalue weighted by Gasteiger charge is -2.08. The topological polar surface area (TPSA) is 63.8 Å². The molecule has 4 nitrogen and oxygen atoms in total. The third-order valence-electron chi connectivity index (χ3n) is 1.79. The van der Waals surface area contributed by atoms with E-state index in [0.29, 0.717) is 17.4 Å². The zero-order chi connectivity index (χ0) is 10.7. The SMILES string of the molecule is Cc1nc(CC(C)C)nc(NN)c1F. The van der Waals surface area contributed by atoms with E-state index in [1.54, 1.807) is 6.92 Å². The third kappa shape index (κ3) is 2.38. The molecule has 1 aromatic rings. The molecule has 0 saturated carbocycles. The summed E-state index contributed by atoms with van der Waals surface area (Å²) in [4.78, 5) is 8.01. The first-order valence-corrected chi connectivity index (χ1v) is 4.54. The molecule has 78 valence electrons. The van der Waals surface area contributed by atoms with Crippen LogP contribution in [0.5, 0.6) is 0 Å². The maximum Gasteiger partial charge on any atom is 0.187 e. The number of nitrogens with one attached hydrogen (secondary N) is 1. The van der Waals surface area contributed by atoms with E-state index in [4.69, 9.17) is 5.84 Å². The van der Waals surface area contributed by atoms with Gasteiger partial charge in [0.25, 0.3) is 0 Å². The molecule has 0 aromatic carbocycles. The molecule has 0 unspecified atom stereocenters. The van der Waals surface area contributed by atoms with Crippen LogP contribution in [0.4, 0.5) is 10.2 Å². The van der Waals surface area contributed by atoms with Gasteiger partial charge in [0.05, 0.1) is 5.69 Å². The summed E-state index contributed by atoms with van der Waals surface area (Å²) in [5.74, 6) is 5.77. The predicted octanol–water partition coefficient (Wildman–Crippen LogP) is 1.41. The Morgan fingerprint density at radius 1 is 1.43 bits per heavy atom. The molecule has 3 N–H and O–H groups in total. The van der Waals surface area contributed by atoms with Crippen molar-refractivity contribution in [2.45, 2.75) is 27.2 Å². The van der Waals surface area contributed by atoms with Crippen molar-refractivity contribution < 1.29 is 4.39 Å². The van der Waals surface area contributed by atoms with Crippen molar-refractivity contribution in [3.05, 3.63) is 17.3 Å². The Hall–Kier alpha value is -1.23. The minimum Gasteiger partial charge on any atom is -0.306 e. The highest BCUT2D eigenvalue weighted by atomic mass is 19.1. The summed E-state index contributed by atoms with van der Waals surface area (Å²) in [5.41, 5.74) is 2.55. The number of hydrogen-bond donors (Lipinski definition) is 2. The van der Waals surface area contributed by atoms with Crippen LogP contribution >= 0.6 is 0 Å². The van der Waals surface area contributed by atoms with Gasteiger partial charge in [-0.25, -0.2) is 20.2 Å². The van der Waals surface area contributed by atoms with Crippen LogP contribution < -0.4 is 11.3 Å². The summed E-state index contributed by atoms with van der Waals surface area (Å²) in [7, 11) is 0. The lowest BCUT2D eigenvalue weighted by Crippen LogP contribution is -2.14. The van der Waals surface area contributed by atoms with Crippen molar-refractivity contribution in [3.63, 3.8) is 0 Å². The van der Waals surface area contributed by atoms with E-state index in [1.807, 2.05) is 0 Å². The fraction of sp³-hybridized carbons (Fsp3) is 0.556. The smallest absolute Gasteiger partial charge is 0.187 e. The Morgan fingerprint density at radius 2 is 2.07 bits per heavy atom. The van der Waals surface area contributed by atoms with Crippen LogP contribution in [0.25, 0.3) is 0 Å². The van der Waals surface area contributed by atoms with E-state index in [2.05, 4.69) is 29.2 Å². The molecule has 1 aromatic heterocycles. The Morgan fingerprint density at radius 3 is 2.57 bits per heavy atom. The van der Waals surface area contributed by atoms with Crippen LogP contribution in [0.1, 0.15) is 25.4 Å². The maximum atomic E-state index is 13.3. The third-order valence-corrected chi connectivity index (χ3v) is 1.79. The number of aromatic nitrogens is 2. The normalized spacial score (nSPS) is 10.7. The van der Waals surface area contributed by atoms with Crippen molar-refractivity contribution in [2.75, 3.05) is 5.43 Å². The quantitative estimate of drug-likeness (QED) is 0.569. The monoisotopic (exact) mass is 198 g/mol. The molecule has 0 radical (unpaired) electrons. The largest absolute Gasteiger partial charge is 0.306 e. The number of halogens is 1. The van der Waals surface area contributed by atoms with Gasteiger partial charge in [-0.3, -0.25) is 0 Å². The molecule has 0 bridgehead atoms. The fourth-order valence-corrected chi connectivity index (χ4v) is 1.17. The minimum absolute atomic E-state index is 0.0631. The van der Waals surface area contributed by atoms with E-state index in [9.17, 15) is 4.39 Å². The Kier molecular flexibility index (Phi) is 3.35. The van der Waals surface area contributed by atoms with Gasteiger partial charge < -0.3 is 5.43 Å². The number of nitrogens with two attached hydrogens (primary N) is 1. The summed E-state index contributed by atoms with van der Waals surface area (Å²) >= 11 is 0. The van der Waals surface area contributed by atoms with E-state index in [1.165, 1.54) is 0 Å². The van der Waals surface area contributed by atoms with Gasteiger partial charge in [-0.05, 0) is 12.8 Å². The Labute approximate surface area is 82.7 Å². The molecular weight excluding hydrogens is 183 g/mol. The molecule has 0 amide bonds. The van der Waals surface area contributed by atoms with Crippen LogP contribution in [-0.2, 0) is 6.42 Å². The second-order valence-corrected chi connectivity index (χ2v) is 3.63. The lowest BCUT2D eigenvalue weighted by atomic mass is 10.1. The van der Waals surface area contributed by atoms with Crippen LogP contribution in [0.2, 0.25) is 0 Å². The number of hydrogen-bond acceptors (Lipinski definition) is 4. The highest BCUT2D eigenvalue weighted by Gasteiger charge is 2.10. The first kappa shape index (κ1) is 10.8. The van der Waals surface area contributed by atoms with Crippen molar-refractivity contribution >= 4 is 5.82 Å². The number of nitrogen functional groups attached to an aromatic ring is 1. The van der Waals surface area contributed by atoms with Crippen LogP contribution in [0.3, 0.4) is 0 Å². The number of nitrogens with zero attached hydrogens (tertiary/aromatic N) is 2. The first-order chi connectivity index (χ1) is 6.54. The van der Waals surface area contributed by atoms with Gasteiger partial charge in [0.1, 0.15) is 5.82 Å². The van der Waals surface area contributed by atoms with Gasteiger partial charge in [0, 0.05) is 6.42 Å². The summed E-state index contributed by atoms with van der Waals surface area (Å²) in [6, 6.07) is 0. The van der Waals surface area contributed by atoms with E-state index < -0.39 is 5.82 Å². The van der Waals surface area contributed by atoms with Gasteiger partial charge in [0.2, 0.25) is 0 Å². The molecule has 0 fully saturated rings. The van der Waals surface area contributed by atoms with Gasteiger partial charge in [0.15, 0.2) is 11.6 Å². The second kappa shape index (κ2) is 4.32. The highest BCUT2D eigenvalue weighted by Crippen LogP contribution is 2.14. The molecule has 5 heteroatoms. The van der Waals surface area contributed by atoms with Crippen molar-refractivity contribution in [1.29, 1.82) is 0 Å². The van der Waals surface area contributed by atoms with Gasteiger partial charge in [-0.1, -0.05) is 13.8 Å². The molecule has 0 aliphatic rings. The molecule has 0 saturated heterocycles. The number of rotatable bonds is 3. The van der Waals surface area contributed by atoms with Gasteiger partial charge >= 0.3 is 0 Å². The first-order valence-electron chi connectivity index (χ1n) is 4.54. The highest BCUT2D eigenvalue weighted by molar-refractivity contribution is 5.36. The Bertz CT molecular complexity index is 325. The number of anilines is 1. The number of hydrazine groups is 1. The second-order valence-electron chi connectivity index (χ2n) is 3.63. The zero-order valence-electron chi connectivity index (χ0n) is 8.63. The predicted molar refractivity (Wildman–Crippen MR) is 53.1 cm³/mol. The van der Waals surface area contributed by atoms with Crippen LogP contribution in [-0.4, -0.2) is 9.97 Å². The molecular formula is C9H15FN4. The standard InChI is InChI=1S/C9H15FN4/c1-5(2)4-7-12-6(3)8(10)9(13-7)14-11/h5H,4,11H2,1-3H3,(H,12,13,14). The van der Waals surface area contributed by atoms with E-state index in [0.717, 1.165) is 6.42 Å². The van der Waals surface area contributed by atoms with Crippen molar-refractivity contribution in [2.24, 2.45) is 11.8 Å². The summed E-state index contributed by atoms with van der Waals surface area (Å²) in [6.07, 6.45) is 0.718. The molecule has 0 aliphatic heterocycles. The minimum atomic E-state index is -0.486. The molecule has 1 heterocycles. The van der Waals surface area contributed by atoms with Crippen molar-refractivity contribution in [3.8, 4) is 0 Å². The average Bonchev–Trinajstić information content (AvgIpc) is 2.10. The summed E-state index contributed by atoms with van der Waals surface area (Å²) in [5, 5.41) is 0. The number of aryl methyl sites for hydroxylation is 1. The van der Waals surface area contributed by atoms with E-state index >= 15 is 0 Å². The lowest BCUT2D eigenvalue weighted by molar-refractivity contribution is 0.580. The molecule has 0 atom stereocenters. The average molecular weight is 198 g/mol. The van der Waals surface area contributed by atoms with Crippen LogP contribution in [0.15, 0.2) is 0 Å². The van der Waals surface area contributed by atoms with Crippen molar-refractivity contribution in [1.82, 2.24) is 9.97 Å². The molecule has 14 heavy (non-hydrogen) atoms. The Balaban J connectivity index is 3.03. The van der Waals surface area contributed by atoms with E-state index in [-0.39, 0.29) is 5.82 Å². The molecule has 1 rings (SSSR count). The van der Waals surface area contributed by atoms with Crippen LogP contribution in [0, 0.1) is 18.7 Å². The maximum absolute atomic E-state index is 13.3. The van der Waals surface area contributed by atoms with Gasteiger partial charge in [-0.2, -0.15) is 0 Å². The zero-order valence-corrected chi connectivity index (χ0v) is 8.63. The fourth-order valence-electron chi connectivity index (χ4n) is 1.17. The summed E-state index contributed by atoms with van der Waals surface area (Å²) < 4.78 is 13.3. The van der Waals surface area contributed by atoms with Gasteiger partial charge in [-0.15, -0.1) is 0 Å².